The Kier molecular flexibility index (Phi) is 6.48. The molecule has 14 heavy (non-hydrogen) atoms. The van der Waals surface area contributed by atoms with Crippen molar-refractivity contribution in [3.8, 4) is 0 Å². The van der Waals surface area contributed by atoms with E-state index in [9.17, 15) is 13.2 Å². The molecule has 0 fully saturated rings. The largest absolute Gasteiger partial charge is 0.481 e. The van der Waals surface area contributed by atoms with E-state index >= 15 is 0 Å². The van der Waals surface area contributed by atoms with Crippen LogP contribution in [0.15, 0.2) is 0 Å². The summed E-state index contributed by atoms with van der Waals surface area (Å²) in [6.07, 6.45) is 2.51. The van der Waals surface area contributed by atoms with Crippen molar-refractivity contribution in [2.75, 3.05) is 25.1 Å². The molecule has 0 aromatic heterocycles. The normalized spacial score (nSPS) is 11.5. The summed E-state index contributed by atoms with van der Waals surface area (Å²) in [5, 5.41) is 11.3. The van der Waals surface area contributed by atoms with Gasteiger partial charge in [-0.25, -0.2) is 8.42 Å². The second-order valence-electron chi connectivity index (χ2n) is 3.23. The van der Waals surface area contributed by atoms with Gasteiger partial charge in [0.15, 0.2) is 0 Å². The zero-order chi connectivity index (χ0) is 11.0. The summed E-state index contributed by atoms with van der Waals surface area (Å²) in [6, 6.07) is 0. The van der Waals surface area contributed by atoms with Crippen LogP contribution in [0.3, 0.4) is 0 Å². The second kappa shape index (κ2) is 6.78. The lowest BCUT2D eigenvalue weighted by atomic mass is 10.3. The highest BCUT2D eigenvalue weighted by Crippen LogP contribution is 1.89. The Hall–Kier alpha value is -0.620. The first-order chi connectivity index (χ1) is 6.42. The van der Waals surface area contributed by atoms with Gasteiger partial charge in [-0.05, 0) is 25.9 Å². The molecule has 0 aromatic carbocycles. The van der Waals surface area contributed by atoms with Crippen LogP contribution < -0.4 is 5.32 Å². The molecule has 2 N–H and O–H groups in total. The smallest absolute Gasteiger partial charge is 0.303 e. The van der Waals surface area contributed by atoms with Crippen molar-refractivity contribution < 1.29 is 18.3 Å². The van der Waals surface area contributed by atoms with Gasteiger partial charge in [0.1, 0.15) is 9.84 Å². The van der Waals surface area contributed by atoms with Gasteiger partial charge in [0.25, 0.3) is 0 Å². The van der Waals surface area contributed by atoms with Crippen LogP contribution in [-0.2, 0) is 14.6 Å². The molecular weight excluding hydrogens is 206 g/mol. The summed E-state index contributed by atoms with van der Waals surface area (Å²) in [4.78, 5) is 10.1. The van der Waals surface area contributed by atoms with Crippen LogP contribution in [0.2, 0.25) is 0 Å². The van der Waals surface area contributed by atoms with Crippen molar-refractivity contribution in [2.24, 2.45) is 0 Å². The van der Waals surface area contributed by atoms with Gasteiger partial charge >= 0.3 is 5.97 Å². The van der Waals surface area contributed by atoms with Crippen LogP contribution in [0.4, 0.5) is 0 Å². The van der Waals surface area contributed by atoms with E-state index in [4.69, 9.17) is 5.11 Å². The number of rotatable bonds is 8. The molecule has 0 saturated carbocycles. The second-order valence-corrected chi connectivity index (χ2v) is 5.49. The quantitative estimate of drug-likeness (QED) is 0.560. The summed E-state index contributed by atoms with van der Waals surface area (Å²) < 4.78 is 21.4. The van der Waals surface area contributed by atoms with Crippen molar-refractivity contribution in [1.82, 2.24) is 5.32 Å². The zero-order valence-electron chi connectivity index (χ0n) is 8.32. The third-order valence-corrected chi connectivity index (χ3v) is 2.64. The Morgan fingerprint density at radius 2 is 1.86 bits per heavy atom. The van der Waals surface area contributed by atoms with Crippen molar-refractivity contribution >= 4 is 15.8 Å². The molecule has 0 spiro atoms. The van der Waals surface area contributed by atoms with E-state index in [1.54, 1.807) is 0 Å². The van der Waals surface area contributed by atoms with Crippen LogP contribution >= 0.6 is 0 Å². The molecule has 0 aliphatic carbocycles. The van der Waals surface area contributed by atoms with Gasteiger partial charge in [0.05, 0.1) is 5.75 Å². The fourth-order valence-electron chi connectivity index (χ4n) is 0.949. The summed E-state index contributed by atoms with van der Waals surface area (Å²) in [5.41, 5.74) is 0. The van der Waals surface area contributed by atoms with Crippen molar-refractivity contribution in [2.45, 2.75) is 19.3 Å². The lowest BCUT2D eigenvalue weighted by molar-refractivity contribution is -0.137. The first kappa shape index (κ1) is 13.4. The van der Waals surface area contributed by atoms with E-state index in [0.29, 0.717) is 25.9 Å². The number of carbonyl (C=O) groups is 1. The Morgan fingerprint density at radius 3 is 2.36 bits per heavy atom. The molecule has 0 bridgehead atoms. The van der Waals surface area contributed by atoms with Gasteiger partial charge in [0.2, 0.25) is 0 Å². The highest BCUT2D eigenvalue weighted by Gasteiger charge is 2.00. The molecule has 0 aromatic rings. The van der Waals surface area contributed by atoms with E-state index < -0.39 is 15.8 Å². The number of hydrogen-bond acceptors (Lipinski definition) is 4. The first-order valence-electron chi connectivity index (χ1n) is 4.52. The van der Waals surface area contributed by atoms with E-state index in [-0.39, 0.29) is 12.2 Å². The molecule has 0 amide bonds. The minimum Gasteiger partial charge on any atom is -0.481 e. The number of carboxylic acids is 1. The Balaban J connectivity index is 3.19. The maximum absolute atomic E-state index is 10.7. The SMILES string of the molecule is CS(=O)(=O)CCCNCCCC(=O)O. The molecule has 6 heteroatoms. The summed E-state index contributed by atoms with van der Waals surface area (Å²) in [6.45, 7) is 1.24. The van der Waals surface area contributed by atoms with Crippen molar-refractivity contribution in [1.29, 1.82) is 0 Å². The Bertz CT molecular complexity index is 261. The molecule has 0 rings (SSSR count). The monoisotopic (exact) mass is 223 g/mol. The maximum Gasteiger partial charge on any atom is 0.303 e. The van der Waals surface area contributed by atoms with Crippen LogP contribution in [0.1, 0.15) is 19.3 Å². The summed E-state index contributed by atoms with van der Waals surface area (Å²) in [5.74, 6) is -0.623. The molecule has 0 heterocycles. The van der Waals surface area contributed by atoms with Gasteiger partial charge in [0, 0.05) is 12.7 Å². The van der Waals surface area contributed by atoms with Crippen LogP contribution in [0.25, 0.3) is 0 Å². The molecule has 0 atom stereocenters. The van der Waals surface area contributed by atoms with Gasteiger partial charge in [-0.3, -0.25) is 4.79 Å². The average Bonchev–Trinajstić information content (AvgIpc) is 2.00. The standard InChI is InChI=1S/C8H17NO4S/c1-14(12,13)7-3-6-9-5-2-4-8(10)11/h9H,2-7H2,1H3,(H,10,11). The zero-order valence-corrected chi connectivity index (χ0v) is 9.14. The van der Waals surface area contributed by atoms with Gasteiger partial charge in [-0.15, -0.1) is 0 Å². The Morgan fingerprint density at radius 1 is 1.29 bits per heavy atom. The lowest BCUT2D eigenvalue weighted by Gasteiger charge is -2.02. The number of sulfone groups is 1. The number of carboxylic acid groups (broad SMARTS) is 1. The molecular formula is C8H17NO4S. The van der Waals surface area contributed by atoms with E-state index in [2.05, 4.69) is 5.32 Å². The first-order valence-corrected chi connectivity index (χ1v) is 6.58. The number of hydrogen-bond donors (Lipinski definition) is 2. The maximum atomic E-state index is 10.7. The predicted octanol–water partition coefficient (Wildman–Crippen LogP) is -0.124. The molecule has 5 nitrogen and oxygen atoms in total. The highest BCUT2D eigenvalue weighted by atomic mass is 32.2. The molecule has 0 aliphatic rings. The molecule has 0 unspecified atom stereocenters. The number of aliphatic carboxylic acids is 1. The average molecular weight is 223 g/mol. The molecule has 0 radical (unpaired) electrons. The highest BCUT2D eigenvalue weighted by molar-refractivity contribution is 7.90. The van der Waals surface area contributed by atoms with E-state index in [0.717, 1.165) is 0 Å². The number of nitrogens with one attached hydrogen (secondary N) is 1. The molecule has 0 saturated heterocycles. The third-order valence-electron chi connectivity index (χ3n) is 1.61. The molecule has 0 aliphatic heterocycles. The topological polar surface area (TPSA) is 83.5 Å². The summed E-state index contributed by atoms with van der Waals surface area (Å²) >= 11 is 0. The van der Waals surface area contributed by atoms with Gasteiger partial charge in [-0.2, -0.15) is 0 Å². The fraction of sp³-hybridized carbons (Fsp3) is 0.875. The fourth-order valence-corrected chi connectivity index (χ4v) is 1.62. The lowest BCUT2D eigenvalue weighted by Crippen LogP contribution is -2.20. The van der Waals surface area contributed by atoms with Crippen LogP contribution in [-0.4, -0.2) is 44.6 Å². The van der Waals surface area contributed by atoms with Crippen LogP contribution in [0, 0.1) is 0 Å². The third kappa shape index (κ3) is 11.4. The minimum absolute atomic E-state index is 0.152. The Labute approximate surface area is 84.4 Å². The summed E-state index contributed by atoms with van der Waals surface area (Å²) in [7, 11) is -2.86. The minimum atomic E-state index is -2.86. The van der Waals surface area contributed by atoms with Gasteiger partial charge < -0.3 is 10.4 Å². The van der Waals surface area contributed by atoms with Crippen molar-refractivity contribution in [3.05, 3.63) is 0 Å². The van der Waals surface area contributed by atoms with Crippen LogP contribution in [0.5, 0.6) is 0 Å². The van der Waals surface area contributed by atoms with Crippen molar-refractivity contribution in [3.63, 3.8) is 0 Å². The van der Waals surface area contributed by atoms with E-state index in [1.165, 1.54) is 6.26 Å². The predicted molar refractivity (Wildman–Crippen MR) is 54.1 cm³/mol. The van der Waals surface area contributed by atoms with E-state index in [1.807, 2.05) is 0 Å². The molecule has 84 valence electrons. The van der Waals surface area contributed by atoms with Gasteiger partial charge in [-0.1, -0.05) is 0 Å².